The van der Waals surface area contributed by atoms with Crippen molar-refractivity contribution in [2.24, 2.45) is 0 Å². The van der Waals surface area contributed by atoms with Gasteiger partial charge in [0.15, 0.2) is 0 Å². The molecule has 3 aromatic heterocycles. The number of aromatic nitrogens is 5. The molecule has 4 rings (SSSR count). The fourth-order valence-electron chi connectivity index (χ4n) is 2.63. The summed E-state index contributed by atoms with van der Waals surface area (Å²) in [5, 5.41) is 8.01. The number of esters is 1. The molecule has 134 valence electrons. The maximum absolute atomic E-state index is 12.3. The van der Waals surface area contributed by atoms with Gasteiger partial charge in [0.25, 0.3) is 11.1 Å². The van der Waals surface area contributed by atoms with Gasteiger partial charge >= 0.3 is 5.97 Å². The first-order valence-electron chi connectivity index (χ1n) is 8.07. The highest BCUT2D eigenvalue weighted by atomic mass is 16.5. The lowest BCUT2D eigenvalue weighted by Crippen LogP contribution is -2.28. The average Bonchev–Trinajstić information content (AvgIpc) is 2.69. The van der Waals surface area contributed by atoms with Crippen LogP contribution in [0, 0.1) is 0 Å². The highest BCUT2D eigenvalue weighted by molar-refractivity contribution is 5.77. The molecule has 0 unspecified atom stereocenters. The van der Waals surface area contributed by atoms with Crippen LogP contribution in [0.15, 0.2) is 64.3 Å². The lowest BCUT2D eigenvalue weighted by atomic mass is 10.2. The van der Waals surface area contributed by atoms with Crippen molar-refractivity contribution in [3.8, 4) is 0 Å². The van der Waals surface area contributed by atoms with E-state index in [2.05, 4.69) is 15.3 Å². The van der Waals surface area contributed by atoms with Crippen LogP contribution in [0.5, 0.6) is 0 Å². The highest BCUT2D eigenvalue weighted by Gasteiger charge is 2.11. The molecule has 3 heterocycles. The summed E-state index contributed by atoms with van der Waals surface area (Å²) in [4.78, 5) is 40.7. The molecule has 27 heavy (non-hydrogen) atoms. The van der Waals surface area contributed by atoms with Crippen LogP contribution in [-0.4, -0.2) is 30.3 Å². The van der Waals surface area contributed by atoms with Gasteiger partial charge in [-0.1, -0.05) is 23.4 Å². The number of carbonyl (C=O) groups is 1. The minimum Gasteiger partial charge on any atom is -0.458 e. The summed E-state index contributed by atoms with van der Waals surface area (Å²) >= 11 is 0. The number of pyridine rings is 1. The topological polar surface area (TPSA) is 108 Å². The highest BCUT2D eigenvalue weighted by Crippen LogP contribution is 2.04. The summed E-state index contributed by atoms with van der Waals surface area (Å²) in [7, 11) is 0. The van der Waals surface area contributed by atoms with E-state index < -0.39 is 11.5 Å². The quantitative estimate of drug-likeness (QED) is 0.487. The second-order valence-electron chi connectivity index (χ2n) is 5.74. The number of nitrogens with zero attached hydrogens (tertiary/aromatic N) is 5. The largest absolute Gasteiger partial charge is 0.458 e. The van der Waals surface area contributed by atoms with E-state index in [1.165, 1.54) is 10.5 Å². The molecule has 0 saturated carbocycles. The van der Waals surface area contributed by atoms with E-state index in [1.807, 2.05) is 0 Å². The molecule has 9 heteroatoms. The molecule has 0 N–H and O–H groups in total. The molecule has 0 amide bonds. The molecule has 0 aliphatic heterocycles. The van der Waals surface area contributed by atoms with Gasteiger partial charge in [0.1, 0.15) is 24.3 Å². The second kappa shape index (κ2) is 6.79. The van der Waals surface area contributed by atoms with Gasteiger partial charge < -0.3 is 4.74 Å². The van der Waals surface area contributed by atoms with E-state index in [0.717, 1.165) is 4.68 Å². The Hall–Kier alpha value is -3.88. The van der Waals surface area contributed by atoms with Crippen molar-refractivity contribution in [3.05, 3.63) is 81.1 Å². The number of carbonyl (C=O) groups excluding carboxylic acids is 1. The van der Waals surface area contributed by atoms with Crippen molar-refractivity contribution < 1.29 is 9.53 Å². The fraction of sp³-hybridized carbons (Fsp3) is 0.111. The molecule has 0 spiro atoms. The van der Waals surface area contributed by atoms with Crippen LogP contribution >= 0.6 is 0 Å². The van der Waals surface area contributed by atoms with Gasteiger partial charge in [-0.2, -0.15) is 4.68 Å². The Morgan fingerprint density at radius 1 is 1.07 bits per heavy atom. The summed E-state index contributed by atoms with van der Waals surface area (Å²) in [5.74, 6) is -0.684. The number of ether oxygens (including phenoxy) is 1. The fourth-order valence-corrected chi connectivity index (χ4v) is 2.63. The number of hydrogen-bond acceptors (Lipinski definition) is 7. The van der Waals surface area contributed by atoms with Gasteiger partial charge in [0.2, 0.25) is 0 Å². The van der Waals surface area contributed by atoms with Crippen LogP contribution in [0.3, 0.4) is 0 Å². The molecular formula is C18H13N5O4. The molecule has 0 fully saturated rings. The van der Waals surface area contributed by atoms with E-state index >= 15 is 0 Å². The molecular weight excluding hydrogens is 350 g/mol. The molecule has 4 aromatic rings. The van der Waals surface area contributed by atoms with Gasteiger partial charge in [0, 0.05) is 12.3 Å². The third-order valence-electron chi connectivity index (χ3n) is 3.91. The third-order valence-corrected chi connectivity index (χ3v) is 3.91. The zero-order valence-corrected chi connectivity index (χ0v) is 14.0. The predicted octanol–water partition coefficient (Wildman–Crippen LogP) is 0.543. The first-order valence-corrected chi connectivity index (χ1v) is 8.07. The molecule has 0 aliphatic carbocycles. The van der Waals surface area contributed by atoms with Crippen molar-refractivity contribution in [3.63, 3.8) is 0 Å². The average molecular weight is 363 g/mol. The summed E-state index contributed by atoms with van der Waals surface area (Å²) in [6, 6.07) is 13.2. The van der Waals surface area contributed by atoms with Crippen LogP contribution in [-0.2, 0) is 22.7 Å². The van der Waals surface area contributed by atoms with E-state index in [0.29, 0.717) is 22.2 Å². The Kier molecular flexibility index (Phi) is 4.17. The van der Waals surface area contributed by atoms with Gasteiger partial charge in [0.05, 0.1) is 11.1 Å². The van der Waals surface area contributed by atoms with Crippen molar-refractivity contribution in [2.75, 3.05) is 0 Å². The van der Waals surface area contributed by atoms with Crippen molar-refractivity contribution in [1.29, 1.82) is 0 Å². The van der Waals surface area contributed by atoms with Gasteiger partial charge in [-0.3, -0.25) is 18.8 Å². The molecule has 0 saturated heterocycles. The van der Waals surface area contributed by atoms with Crippen LogP contribution in [0.25, 0.3) is 16.6 Å². The van der Waals surface area contributed by atoms with Crippen LogP contribution in [0.4, 0.5) is 0 Å². The Labute approximate surface area is 151 Å². The number of hydrogen-bond donors (Lipinski definition) is 0. The zero-order chi connectivity index (χ0) is 18.8. The van der Waals surface area contributed by atoms with Gasteiger partial charge in [-0.05, 0) is 24.3 Å². The lowest BCUT2D eigenvalue weighted by molar-refractivity contribution is -0.146. The SMILES string of the molecule is O=C(Cn1nnc2ccccc2c1=O)OCc1cc(=O)n2ccccc2n1. The second-order valence-corrected chi connectivity index (χ2v) is 5.74. The third kappa shape index (κ3) is 3.30. The van der Waals surface area contributed by atoms with E-state index in [-0.39, 0.29) is 18.7 Å². The zero-order valence-electron chi connectivity index (χ0n) is 14.0. The number of fused-ring (bicyclic) bond motifs is 2. The predicted molar refractivity (Wildman–Crippen MR) is 95.1 cm³/mol. The molecule has 1 aromatic carbocycles. The Morgan fingerprint density at radius 2 is 1.89 bits per heavy atom. The Morgan fingerprint density at radius 3 is 2.78 bits per heavy atom. The smallest absolute Gasteiger partial charge is 0.328 e. The first kappa shape index (κ1) is 16.6. The maximum Gasteiger partial charge on any atom is 0.328 e. The van der Waals surface area contributed by atoms with Crippen molar-refractivity contribution >= 4 is 22.5 Å². The van der Waals surface area contributed by atoms with Gasteiger partial charge in [-0.15, -0.1) is 5.10 Å². The van der Waals surface area contributed by atoms with Crippen LogP contribution < -0.4 is 11.1 Å². The van der Waals surface area contributed by atoms with E-state index in [1.54, 1.807) is 48.7 Å². The summed E-state index contributed by atoms with van der Waals surface area (Å²) in [6.45, 7) is -0.571. The Balaban J connectivity index is 1.50. The molecule has 9 nitrogen and oxygen atoms in total. The Bertz CT molecular complexity index is 1280. The molecule has 0 radical (unpaired) electrons. The minimum absolute atomic E-state index is 0.185. The van der Waals surface area contributed by atoms with Gasteiger partial charge in [-0.25, -0.2) is 4.98 Å². The monoisotopic (exact) mass is 363 g/mol. The normalized spacial score (nSPS) is 11.0. The first-order chi connectivity index (χ1) is 13.1. The van der Waals surface area contributed by atoms with Crippen LogP contribution in [0.1, 0.15) is 5.69 Å². The minimum atomic E-state index is -0.684. The molecule has 0 bridgehead atoms. The molecule has 0 atom stereocenters. The van der Waals surface area contributed by atoms with Crippen molar-refractivity contribution in [2.45, 2.75) is 13.2 Å². The van der Waals surface area contributed by atoms with E-state index in [4.69, 9.17) is 4.74 Å². The summed E-state index contributed by atoms with van der Waals surface area (Å²) in [6.07, 6.45) is 1.60. The molecule has 0 aliphatic rings. The summed E-state index contributed by atoms with van der Waals surface area (Å²) < 4.78 is 7.45. The van der Waals surface area contributed by atoms with Crippen molar-refractivity contribution in [1.82, 2.24) is 24.4 Å². The maximum atomic E-state index is 12.3. The standard InChI is InChI=1S/C18H13N5O4/c24-16-9-12(19-15-7-3-4-8-22(15)16)11-27-17(25)10-23-18(26)13-5-1-2-6-14(13)20-21-23/h1-9H,10-11H2. The number of rotatable bonds is 4. The number of benzene rings is 1. The summed E-state index contributed by atoms with van der Waals surface area (Å²) in [5.41, 5.74) is 0.514. The lowest BCUT2D eigenvalue weighted by Gasteiger charge is -2.07. The van der Waals surface area contributed by atoms with Crippen LogP contribution in [0.2, 0.25) is 0 Å². The van der Waals surface area contributed by atoms with E-state index in [9.17, 15) is 14.4 Å².